The summed E-state index contributed by atoms with van der Waals surface area (Å²) in [4.78, 5) is 0. The van der Waals surface area contributed by atoms with Gasteiger partial charge in [0.15, 0.2) is 0 Å². The average Bonchev–Trinajstić information content (AvgIpc) is 2.92. The number of aromatic nitrogens is 3. The molecule has 0 radical (unpaired) electrons. The third kappa shape index (κ3) is 2.50. The molecule has 5 nitrogen and oxygen atoms in total. The molecule has 1 fully saturated rings. The van der Waals surface area contributed by atoms with Crippen molar-refractivity contribution >= 4 is 0 Å². The van der Waals surface area contributed by atoms with Gasteiger partial charge in [-0.05, 0) is 26.8 Å². The Bertz CT molecular complexity index is 352. The zero-order valence-electron chi connectivity index (χ0n) is 10.9. The molecule has 1 aromatic heterocycles. The van der Waals surface area contributed by atoms with Crippen LogP contribution in [-0.4, -0.2) is 34.8 Å². The second-order valence-corrected chi connectivity index (χ2v) is 4.68. The Morgan fingerprint density at radius 3 is 3.06 bits per heavy atom. The summed E-state index contributed by atoms with van der Waals surface area (Å²) in [5, 5.41) is 11.6. The highest BCUT2D eigenvalue weighted by Gasteiger charge is 2.33. The molecule has 1 aliphatic rings. The standard InChI is InChI=1S/C12H22N4O/c1-4-6-16-11(8-14-15-16)12(13-3)10-5-7-17-9(10)2/h8-10,12-13H,4-7H2,1-3H3. The van der Waals surface area contributed by atoms with Crippen molar-refractivity contribution in [3.8, 4) is 0 Å². The summed E-state index contributed by atoms with van der Waals surface area (Å²) in [7, 11) is 2.00. The lowest BCUT2D eigenvalue weighted by atomic mass is 9.91. The van der Waals surface area contributed by atoms with Gasteiger partial charge in [0.05, 0.1) is 24.0 Å². The molecule has 17 heavy (non-hydrogen) atoms. The maximum atomic E-state index is 5.66. The van der Waals surface area contributed by atoms with Crippen molar-refractivity contribution < 1.29 is 4.74 Å². The van der Waals surface area contributed by atoms with E-state index in [4.69, 9.17) is 4.74 Å². The minimum absolute atomic E-state index is 0.286. The second kappa shape index (κ2) is 5.60. The predicted molar refractivity (Wildman–Crippen MR) is 65.6 cm³/mol. The molecule has 5 heteroatoms. The van der Waals surface area contributed by atoms with Crippen LogP contribution < -0.4 is 5.32 Å². The predicted octanol–water partition coefficient (Wildman–Crippen LogP) is 1.37. The van der Waals surface area contributed by atoms with E-state index in [0.29, 0.717) is 12.0 Å². The molecule has 1 aromatic rings. The first-order valence-electron chi connectivity index (χ1n) is 6.45. The number of ether oxygens (including phenoxy) is 1. The van der Waals surface area contributed by atoms with E-state index in [1.54, 1.807) is 0 Å². The van der Waals surface area contributed by atoms with E-state index in [9.17, 15) is 0 Å². The van der Waals surface area contributed by atoms with Gasteiger partial charge < -0.3 is 10.1 Å². The van der Waals surface area contributed by atoms with Crippen molar-refractivity contribution in [1.82, 2.24) is 20.3 Å². The van der Waals surface area contributed by atoms with E-state index >= 15 is 0 Å². The van der Waals surface area contributed by atoms with E-state index in [1.165, 1.54) is 5.69 Å². The summed E-state index contributed by atoms with van der Waals surface area (Å²) < 4.78 is 7.66. The van der Waals surface area contributed by atoms with Crippen molar-refractivity contribution in [2.45, 2.75) is 45.4 Å². The summed E-state index contributed by atoms with van der Waals surface area (Å²) in [5.74, 6) is 0.508. The van der Waals surface area contributed by atoms with Gasteiger partial charge in [0.2, 0.25) is 0 Å². The van der Waals surface area contributed by atoms with Crippen molar-refractivity contribution in [1.29, 1.82) is 0 Å². The van der Waals surface area contributed by atoms with Crippen LogP contribution >= 0.6 is 0 Å². The second-order valence-electron chi connectivity index (χ2n) is 4.68. The molecule has 0 spiro atoms. The fraction of sp³-hybridized carbons (Fsp3) is 0.833. The monoisotopic (exact) mass is 238 g/mol. The molecule has 2 rings (SSSR count). The minimum atomic E-state index is 0.286. The summed E-state index contributed by atoms with van der Waals surface area (Å²) in [5.41, 5.74) is 1.18. The number of hydrogen-bond donors (Lipinski definition) is 1. The van der Waals surface area contributed by atoms with Gasteiger partial charge in [-0.25, -0.2) is 4.68 Å². The highest BCUT2D eigenvalue weighted by Crippen LogP contribution is 2.32. The Labute approximate surface area is 103 Å². The van der Waals surface area contributed by atoms with Crippen LogP contribution in [0.15, 0.2) is 6.20 Å². The Morgan fingerprint density at radius 2 is 2.47 bits per heavy atom. The van der Waals surface area contributed by atoms with Crippen LogP contribution in [0.25, 0.3) is 0 Å². The fourth-order valence-corrected chi connectivity index (χ4v) is 2.66. The van der Waals surface area contributed by atoms with Gasteiger partial charge in [-0.1, -0.05) is 12.1 Å². The van der Waals surface area contributed by atoms with Gasteiger partial charge in [0.1, 0.15) is 0 Å². The molecule has 96 valence electrons. The van der Waals surface area contributed by atoms with Crippen LogP contribution in [-0.2, 0) is 11.3 Å². The first kappa shape index (κ1) is 12.5. The third-order valence-corrected chi connectivity index (χ3v) is 3.58. The highest BCUT2D eigenvalue weighted by molar-refractivity contribution is 5.06. The van der Waals surface area contributed by atoms with Gasteiger partial charge in [0.25, 0.3) is 0 Å². The lowest BCUT2D eigenvalue weighted by Crippen LogP contribution is -2.31. The maximum Gasteiger partial charge on any atom is 0.0760 e. The van der Waals surface area contributed by atoms with E-state index < -0.39 is 0 Å². The van der Waals surface area contributed by atoms with Crippen molar-refractivity contribution in [3.05, 3.63) is 11.9 Å². The lowest BCUT2D eigenvalue weighted by Gasteiger charge is -2.25. The number of rotatable bonds is 5. The van der Waals surface area contributed by atoms with Gasteiger partial charge in [-0.3, -0.25) is 0 Å². The van der Waals surface area contributed by atoms with E-state index in [1.807, 2.05) is 17.9 Å². The summed E-state index contributed by atoms with van der Waals surface area (Å²) in [6.45, 7) is 6.09. The van der Waals surface area contributed by atoms with Gasteiger partial charge in [-0.15, -0.1) is 5.10 Å². The van der Waals surface area contributed by atoms with Crippen LogP contribution in [0.4, 0.5) is 0 Å². The lowest BCUT2D eigenvalue weighted by molar-refractivity contribution is 0.0952. The van der Waals surface area contributed by atoms with Crippen molar-refractivity contribution in [3.63, 3.8) is 0 Å². The molecule has 0 saturated carbocycles. The van der Waals surface area contributed by atoms with Gasteiger partial charge >= 0.3 is 0 Å². The molecule has 0 aromatic carbocycles. The van der Waals surface area contributed by atoms with E-state index in [-0.39, 0.29) is 6.04 Å². The number of nitrogens with zero attached hydrogens (tertiary/aromatic N) is 3. The number of nitrogens with one attached hydrogen (secondary N) is 1. The van der Waals surface area contributed by atoms with Crippen LogP contribution in [0.2, 0.25) is 0 Å². The topological polar surface area (TPSA) is 52.0 Å². The Hall–Kier alpha value is -0.940. The largest absolute Gasteiger partial charge is 0.378 e. The number of aryl methyl sites for hydroxylation is 1. The third-order valence-electron chi connectivity index (χ3n) is 3.58. The quantitative estimate of drug-likeness (QED) is 0.842. The Kier molecular flexibility index (Phi) is 4.12. The average molecular weight is 238 g/mol. The molecule has 0 bridgehead atoms. The Balaban J connectivity index is 2.19. The minimum Gasteiger partial charge on any atom is -0.378 e. The van der Waals surface area contributed by atoms with Crippen LogP contribution in [0.3, 0.4) is 0 Å². The van der Waals surface area contributed by atoms with E-state index in [0.717, 1.165) is 26.0 Å². The van der Waals surface area contributed by atoms with Gasteiger partial charge in [-0.2, -0.15) is 0 Å². The molecule has 3 atom stereocenters. The Morgan fingerprint density at radius 1 is 1.65 bits per heavy atom. The molecule has 3 unspecified atom stereocenters. The fourth-order valence-electron chi connectivity index (χ4n) is 2.66. The zero-order chi connectivity index (χ0) is 12.3. The normalized spacial score (nSPS) is 26.3. The molecule has 0 aliphatic carbocycles. The van der Waals surface area contributed by atoms with Gasteiger partial charge in [0, 0.05) is 19.1 Å². The SMILES string of the molecule is CCCn1nncc1C(NC)C1CCOC1C. The van der Waals surface area contributed by atoms with Crippen molar-refractivity contribution in [2.24, 2.45) is 5.92 Å². The summed E-state index contributed by atoms with van der Waals surface area (Å²) in [6, 6.07) is 0.286. The van der Waals surface area contributed by atoms with Crippen molar-refractivity contribution in [2.75, 3.05) is 13.7 Å². The molecule has 1 aliphatic heterocycles. The first-order chi connectivity index (χ1) is 8.27. The summed E-state index contributed by atoms with van der Waals surface area (Å²) >= 11 is 0. The van der Waals surface area contributed by atoms with Crippen LogP contribution in [0.5, 0.6) is 0 Å². The summed E-state index contributed by atoms with van der Waals surface area (Å²) in [6.07, 6.45) is 4.35. The molecule has 0 amide bonds. The highest BCUT2D eigenvalue weighted by atomic mass is 16.5. The zero-order valence-corrected chi connectivity index (χ0v) is 10.9. The molecular weight excluding hydrogens is 216 g/mol. The molecule has 2 heterocycles. The first-order valence-corrected chi connectivity index (χ1v) is 6.45. The molecular formula is C12H22N4O. The smallest absolute Gasteiger partial charge is 0.0760 e. The van der Waals surface area contributed by atoms with Crippen LogP contribution in [0, 0.1) is 5.92 Å². The molecule has 1 N–H and O–H groups in total. The van der Waals surface area contributed by atoms with E-state index in [2.05, 4.69) is 29.5 Å². The molecule has 1 saturated heterocycles. The number of hydrogen-bond acceptors (Lipinski definition) is 4. The van der Waals surface area contributed by atoms with Crippen LogP contribution in [0.1, 0.15) is 38.4 Å². The maximum absolute atomic E-state index is 5.66.